The third kappa shape index (κ3) is 3.49. The van der Waals surface area contributed by atoms with Gasteiger partial charge in [-0.2, -0.15) is 0 Å². The number of hydrogen-bond acceptors (Lipinski definition) is 1. The topological polar surface area (TPSA) is 20.2 Å². The zero-order valence-electron chi connectivity index (χ0n) is 12.7. The molecule has 1 fully saturated rings. The van der Waals surface area contributed by atoms with E-state index in [1.165, 1.54) is 24.4 Å². The van der Waals surface area contributed by atoms with E-state index in [1.54, 1.807) is 0 Å². The fourth-order valence-corrected chi connectivity index (χ4v) is 5.90. The molecule has 0 radical (unpaired) electrons. The van der Waals surface area contributed by atoms with Crippen molar-refractivity contribution in [3.05, 3.63) is 30.3 Å². The molecule has 2 heteroatoms. The second-order valence-electron chi connectivity index (χ2n) is 6.98. The number of hydrogen-bond donors (Lipinski definition) is 1. The molecule has 1 aliphatic rings. The average molecular weight is 276 g/mol. The van der Waals surface area contributed by atoms with Gasteiger partial charge in [0.1, 0.15) is 0 Å². The Morgan fingerprint density at radius 3 is 2.26 bits per heavy atom. The Bertz CT molecular complexity index is 393. The van der Waals surface area contributed by atoms with Crippen LogP contribution in [0.4, 0.5) is 0 Å². The van der Waals surface area contributed by atoms with Crippen LogP contribution in [0.25, 0.3) is 0 Å². The standard InChI is InChI=1S/C17H28OSi/c1-15(14-17(18)12-8-5-9-13-17)19(2,3)16-10-6-4-7-11-16/h4,6-7,10-11,15,18H,5,8-9,12-14H2,1-3H3/t15-/m0/s1. The third-order valence-corrected chi connectivity index (χ3v) is 9.71. The van der Waals surface area contributed by atoms with Gasteiger partial charge in [0.05, 0.1) is 13.7 Å². The van der Waals surface area contributed by atoms with Crippen LogP contribution >= 0.6 is 0 Å². The molecule has 0 aliphatic heterocycles. The first-order chi connectivity index (χ1) is 8.94. The molecule has 106 valence electrons. The lowest BCUT2D eigenvalue weighted by molar-refractivity contribution is -0.00459. The zero-order valence-corrected chi connectivity index (χ0v) is 13.7. The van der Waals surface area contributed by atoms with Crippen molar-refractivity contribution in [1.82, 2.24) is 0 Å². The third-order valence-electron chi connectivity index (χ3n) is 5.22. The first kappa shape index (κ1) is 14.8. The maximum absolute atomic E-state index is 10.8. The van der Waals surface area contributed by atoms with E-state index in [4.69, 9.17) is 0 Å². The summed E-state index contributed by atoms with van der Waals surface area (Å²) in [5.41, 5.74) is 0.245. The van der Waals surface area contributed by atoms with Crippen LogP contribution < -0.4 is 5.19 Å². The smallest absolute Gasteiger partial charge is 0.0835 e. The highest BCUT2D eigenvalue weighted by atomic mass is 28.3. The Kier molecular flexibility index (Phi) is 4.52. The van der Waals surface area contributed by atoms with Crippen LogP contribution in [0.3, 0.4) is 0 Å². The van der Waals surface area contributed by atoms with Crippen molar-refractivity contribution in [2.45, 2.75) is 69.7 Å². The first-order valence-corrected chi connectivity index (χ1v) is 10.8. The maximum Gasteiger partial charge on any atom is 0.0835 e. The van der Waals surface area contributed by atoms with Gasteiger partial charge >= 0.3 is 0 Å². The molecule has 0 spiro atoms. The summed E-state index contributed by atoms with van der Waals surface area (Å²) in [6, 6.07) is 10.9. The lowest BCUT2D eigenvalue weighted by Gasteiger charge is -2.39. The summed E-state index contributed by atoms with van der Waals surface area (Å²) in [4.78, 5) is 0. The van der Waals surface area contributed by atoms with E-state index in [-0.39, 0.29) is 5.60 Å². The zero-order chi connectivity index (χ0) is 13.9. The predicted molar refractivity (Wildman–Crippen MR) is 85.6 cm³/mol. The highest BCUT2D eigenvalue weighted by Crippen LogP contribution is 2.38. The maximum atomic E-state index is 10.8. The summed E-state index contributed by atoms with van der Waals surface area (Å²) in [7, 11) is -1.47. The average Bonchev–Trinajstić information content (AvgIpc) is 2.40. The van der Waals surface area contributed by atoms with Crippen molar-refractivity contribution in [1.29, 1.82) is 0 Å². The van der Waals surface area contributed by atoms with Gasteiger partial charge in [0, 0.05) is 0 Å². The van der Waals surface area contributed by atoms with Crippen molar-refractivity contribution in [2.24, 2.45) is 0 Å². The van der Waals surface area contributed by atoms with Crippen LogP contribution in [-0.2, 0) is 0 Å². The largest absolute Gasteiger partial charge is 0.390 e. The Morgan fingerprint density at radius 1 is 1.11 bits per heavy atom. The Morgan fingerprint density at radius 2 is 1.68 bits per heavy atom. The molecule has 1 nitrogen and oxygen atoms in total. The Hall–Kier alpha value is -0.603. The highest BCUT2D eigenvalue weighted by molar-refractivity contribution is 6.90. The van der Waals surface area contributed by atoms with E-state index in [9.17, 15) is 5.11 Å². The van der Waals surface area contributed by atoms with E-state index in [2.05, 4.69) is 50.3 Å². The molecule has 19 heavy (non-hydrogen) atoms. The van der Waals surface area contributed by atoms with E-state index in [0.29, 0.717) is 5.54 Å². The fraction of sp³-hybridized carbons (Fsp3) is 0.647. The van der Waals surface area contributed by atoms with Crippen LogP contribution in [0.2, 0.25) is 18.6 Å². The number of aliphatic hydroxyl groups is 1. The lowest BCUT2D eigenvalue weighted by atomic mass is 9.82. The van der Waals surface area contributed by atoms with Crippen molar-refractivity contribution in [3.63, 3.8) is 0 Å². The van der Waals surface area contributed by atoms with Crippen LogP contribution in [0.15, 0.2) is 30.3 Å². The second kappa shape index (κ2) is 5.80. The van der Waals surface area contributed by atoms with Gasteiger partial charge in [-0.25, -0.2) is 0 Å². The van der Waals surface area contributed by atoms with Crippen molar-refractivity contribution < 1.29 is 5.11 Å². The summed E-state index contributed by atoms with van der Waals surface area (Å²) < 4.78 is 0. The summed E-state index contributed by atoms with van der Waals surface area (Å²) >= 11 is 0. The number of benzene rings is 1. The van der Waals surface area contributed by atoms with E-state index in [0.717, 1.165) is 19.3 Å². The molecule has 1 saturated carbocycles. The normalized spacial score (nSPS) is 21.1. The molecule has 2 rings (SSSR count). The predicted octanol–water partition coefficient (Wildman–Crippen LogP) is 4.08. The highest BCUT2D eigenvalue weighted by Gasteiger charge is 2.37. The minimum Gasteiger partial charge on any atom is -0.390 e. The molecule has 0 amide bonds. The quantitative estimate of drug-likeness (QED) is 0.822. The molecule has 0 unspecified atom stereocenters. The minimum absolute atomic E-state index is 0.378. The van der Waals surface area contributed by atoms with Crippen LogP contribution in [0.1, 0.15) is 45.4 Å². The van der Waals surface area contributed by atoms with Gasteiger partial charge in [-0.3, -0.25) is 0 Å². The second-order valence-corrected chi connectivity index (χ2v) is 12.0. The van der Waals surface area contributed by atoms with Crippen molar-refractivity contribution in [3.8, 4) is 0 Å². The van der Waals surface area contributed by atoms with Crippen LogP contribution in [0.5, 0.6) is 0 Å². The van der Waals surface area contributed by atoms with E-state index >= 15 is 0 Å². The SMILES string of the molecule is C[C@@H](CC1(O)CCCCC1)[Si](C)(C)c1ccccc1. The molecule has 1 N–H and O–H groups in total. The lowest BCUT2D eigenvalue weighted by Crippen LogP contribution is -2.48. The molecule has 1 aliphatic carbocycles. The first-order valence-electron chi connectivity index (χ1n) is 7.72. The van der Waals surface area contributed by atoms with Gasteiger partial charge in [-0.05, 0) is 24.8 Å². The molecule has 1 atom stereocenters. The molecule has 0 saturated heterocycles. The molecular formula is C17H28OSi. The summed E-state index contributed by atoms with van der Waals surface area (Å²) in [5.74, 6) is 0. The van der Waals surface area contributed by atoms with Gasteiger partial charge in [0.15, 0.2) is 0 Å². The van der Waals surface area contributed by atoms with Crippen LogP contribution in [0, 0.1) is 0 Å². The summed E-state index contributed by atoms with van der Waals surface area (Å²) in [6.45, 7) is 7.24. The van der Waals surface area contributed by atoms with E-state index in [1.807, 2.05) is 0 Å². The monoisotopic (exact) mass is 276 g/mol. The van der Waals surface area contributed by atoms with Gasteiger partial charge < -0.3 is 5.11 Å². The molecule has 1 aromatic rings. The summed E-state index contributed by atoms with van der Waals surface area (Å²) in [5, 5.41) is 12.3. The van der Waals surface area contributed by atoms with Gasteiger partial charge in [0.2, 0.25) is 0 Å². The summed E-state index contributed by atoms with van der Waals surface area (Å²) in [6.07, 6.45) is 6.72. The van der Waals surface area contributed by atoms with Gasteiger partial charge in [-0.15, -0.1) is 0 Å². The van der Waals surface area contributed by atoms with Crippen LogP contribution in [-0.4, -0.2) is 18.8 Å². The molecule has 0 bridgehead atoms. The Balaban J connectivity index is 2.08. The number of rotatable bonds is 4. The van der Waals surface area contributed by atoms with Gasteiger partial charge in [0.25, 0.3) is 0 Å². The molecular weight excluding hydrogens is 248 g/mol. The van der Waals surface area contributed by atoms with Gasteiger partial charge in [-0.1, -0.05) is 74.8 Å². The van der Waals surface area contributed by atoms with Crippen molar-refractivity contribution in [2.75, 3.05) is 0 Å². The fourth-order valence-electron chi connectivity index (χ4n) is 3.39. The molecule has 0 aromatic heterocycles. The molecule has 0 heterocycles. The van der Waals surface area contributed by atoms with E-state index < -0.39 is 8.07 Å². The Labute approximate surface area is 119 Å². The van der Waals surface area contributed by atoms with Crippen molar-refractivity contribution >= 4 is 13.3 Å². The minimum atomic E-state index is -1.47. The molecule has 1 aromatic carbocycles.